The molecule has 0 atom stereocenters. The van der Waals surface area contributed by atoms with Crippen LogP contribution in [0.4, 0.5) is 5.69 Å². The zero-order valence-electron chi connectivity index (χ0n) is 11.1. The highest BCUT2D eigenvalue weighted by atomic mass is 16.1. The van der Waals surface area contributed by atoms with Crippen LogP contribution in [0.25, 0.3) is 6.08 Å². The van der Waals surface area contributed by atoms with Gasteiger partial charge in [-0.05, 0) is 49.7 Å². The number of benzene rings is 1. The van der Waals surface area contributed by atoms with Crippen LogP contribution in [0.15, 0.2) is 30.3 Å². The monoisotopic (exact) mass is 259 g/mol. The quantitative estimate of drug-likeness (QED) is 0.622. The number of hydrogen-bond acceptors (Lipinski definition) is 3. The van der Waals surface area contributed by atoms with Crippen LogP contribution in [0.1, 0.15) is 18.4 Å². The lowest BCUT2D eigenvalue weighted by Gasteiger charge is -2.13. The summed E-state index contributed by atoms with van der Waals surface area (Å²) in [6.45, 7) is 3.99. The van der Waals surface area contributed by atoms with Gasteiger partial charge in [-0.1, -0.05) is 12.1 Å². The first-order valence-corrected chi connectivity index (χ1v) is 6.78. The van der Waals surface area contributed by atoms with E-state index in [0.717, 1.165) is 30.9 Å². The zero-order valence-corrected chi connectivity index (χ0v) is 11.1. The maximum atomic E-state index is 11.6. The van der Waals surface area contributed by atoms with Crippen LogP contribution in [-0.2, 0) is 4.79 Å². The minimum atomic E-state index is -0.0454. The van der Waals surface area contributed by atoms with Crippen LogP contribution in [0.2, 0.25) is 0 Å². The van der Waals surface area contributed by atoms with E-state index in [9.17, 15) is 4.79 Å². The Balaban J connectivity index is 1.69. The smallest absolute Gasteiger partial charge is 0.244 e. The minimum absolute atomic E-state index is 0.0454. The molecule has 4 nitrogen and oxygen atoms in total. The molecule has 0 spiro atoms. The van der Waals surface area contributed by atoms with E-state index in [-0.39, 0.29) is 5.91 Å². The zero-order chi connectivity index (χ0) is 13.5. The van der Waals surface area contributed by atoms with Crippen LogP contribution < -0.4 is 11.1 Å². The van der Waals surface area contributed by atoms with E-state index in [1.807, 2.05) is 24.3 Å². The van der Waals surface area contributed by atoms with Gasteiger partial charge in [-0.25, -0.2) is 0 Å². The molecule has 1 aromatic rings. The van der Waals surface area contributed by atoms with Crippen molar-refractivity contribution in [1.29, 1.82) is 0 Å². The largest absolute Gasteiger partial charge is 0.399 e. The molecule has 0 saturated carbocycles. The van der Waals surface area contributed by atoms with E-state index in [0.29, 0.717) is 6.54 Å². The second kappa shape index (κ2) is 6.95. The van der Waals surface area contributed by atoms with Gasteiger partial charge in [0.2, 0.25) is 5.91 Å². The second-order valence-electron chi connectivity index (χ2n) is 4.84. The van der Waals surface area contributed by atoms with Crippen molar-refractivity contribution >= 4 is 17.7 Å². The van der Waals surface area contributed by atoms with Gasteiger partial charge in [0, 0.05) is 24.9 Å². The molecule has 1 aliphatic rings. The Hall–Kier alpha value is -1.81. The summed E-state index contributed by atoms with van der Waals surface area (Å²) in [5.41, 5.74) is 7.30. The summed E-state index contributed by atoms with van der Waals surface area (Å²) in [6, 6.07) is 7.43. The summed E-state index contributed by atoms with van der Waals surface area (Å²) >= 11 is 0. The third kappa shape index (κ3) is 4.75. The number of nitrogen functional groups attached to an aromatic ring is 1. The van der Waals surface area contributed by atoms with Crippen molar-refractivity contribution < 1.29 is 4.79 Å². The van der Waals surface area contributed by atoms with Crippen molar-refractivity contribution in [1.82, 2.24) is 10.2 Å². The van der Waals surface area contributed by atoms with Crippen molar-refractivity contribution in [2.24, 2.45) is 0 Å². The third-order valence-corrected chi connectivity index (χ3v) is 3.29. The summed E-state index contributed by atoms with van der Waals surface area (Å²) in [5, 5.41) is 2.90. The van der Waals surface area contributed by atoms with Gasteiger partial charge in [-0.2, -0.15) is 0 Å². The Kier molecular flexibility index (Phi) is 4.98. The first-order valence-electron chi connectivity index (χ1n) is 6.78. The van der Waals surface area contributed by atoms with E-state index in [4.69, 9.17) is 5.73 Å². The van der Waals surface area contributed by atoms with E-state index >= 15 is 0 Å². The molecular formula is C15H21N3O. The van der Waals surface area contributed by atoms with Crippen LogP contribution in [-0.4, -0.2) is 37.0 Å². The fourth-order valence-electron chi connectivity index (χ4n) is 2.18. The minimum Gasteiger partial charge on any atom is -0.399 e. The molecule has 1 aliphatic heterocycles. The maximum Gasteiger partial charge on any atom is 0.244 e. The highest BCUT2D eigenvalue weighted by Gasteiger charge is 2.10. The number of carbonyl (C=O) groups excluding carboxylic acids is 1. The van der Waals surface area contributed by atoms with Crippen LogP contribution >= 0.6 is 0 Å². The molecule has 1 amide bonds. The van der Waals surface area contributed by atoms with Crippen LogP contribution in [0.5, 0.6) is 0 Å². The van der Waals surface area contributed by atoms with Gasteiger partial charge in [0.1, 0.15) is 0 Å². The molecule has 4 heteroatoms. The Labute approximate surface area is 114 Å². The van der Waals surface area contributed by atoms with Gasteiger partial charge in [0.15, 0.2) is 0 Å². The lowest BCUT2D eigenvalue weighted by atomic mass is 10.2. The number of carbonyl (C=O) groups is 1. The predicted molar refractivity (Wildman–Crippen MR) is 78.6 cm³/mol. The second-order valence-corrected chi connectivity index (χ2v) is 4.84. The topological polar surface area (TPSA) is 58.4 Å². The highest BCUT2D eigenvalue weighted by Crippen LogP contribution is 2.07. The Morgan fingerprint density at radius 2 is 1.95 bits per heavy atom. The Morgan fingerprint density at radius 1 is 1.26 bits per heavy atom. The maximum absolute atomic E-state index is 11.6. The van der Waals surface area contributed by atoms with Crippen LogP contribution in [0.3, 0.4) is 0 Å². The fraction of sp³-hybridized carbons (Fsp3) is 0.400. The molecule has 1 fully saturated rings. The highest BCUT2D eigenvalue weighted by molar-refractivity contribution is 5.91. The van der Waals surface area contributed by atoms with Crippen molar-refractivity contribution in [2.75, 3.05) is 31.9 Å². The normalized spacial score (nSPS) is 16.0. The van der Waals surface area contributed by atoms with Crippen LogP contribution in [0, 0.1) is 0 Å². The molecule has 19 heavy (non-hydrogen) atoms. The molecule has 0 aliphatic carbocycles. The molecule has 1 aromatic carbocycles. The van der Waals surface area contributed by atoms with Gasteiger partial charge in [0.05, 0.1) is 0 Å². The van der Waals surface area contributed by atoms with E-state index in [1.54, 1.807) is 12.2 Å². The molecule has 0 unspecified atom stereocenters. The summed E-state index contributed by atoms with van der Waals surface area (Å²) in [7, 11) is 0. The number of amides is 1. The summed E-state index contributed by atoms with van der Waals surface area (Å²) in [6.07, 6.45) is 5.93. The first-order chi connectivity index (χ1) is 9.24. The number of nitrogens with one attached hydrogen (secondary N) is 1. The average molecular weight is 259 g/mol. The third-order valence-electron chi connectivity index (χ3n) is 3.29. The summed E-state index contributed by atoms with van der Waals surface area (Å²) < 4.78 is 0. The van der Waals surface area contributed by atoms with Crippen molar-refractivity contribution in [3.8, 4) is 0 Å². The lowest BCUT2D eigenvalue weighted by Crippen LogP contribution is -2.32. The molecule has 0 aromatic heterocycles. The summed E-state index contributed by atoms with van der Waals surface area (Å²) in [5.74, 6) is -0.0454. The molecule has 0 radical (unpaired) electrons. The first kappa shape index (κ1) is 13.6. The number of nitrogens with two attached hydrogens (primary N) is 1. The molecule has 102 valence electrons. The van der Waals surface area contributed by atoms with Gasteiger partial charge in [-0.15, -0.1) is 0 Å². The van der Waals surface area contributed by atoms with E-state index < -0.39 is 0 Å². The lowest BCUT2D eigenvalue weighted by molar-refractivity contribution is -0.116. The molecular weight excluding hydrogens is 238 g/mol. The van der Waals surface area contributed by atoms with E-state index in [1.165, 1.54) is 12.8 Å². The molecule has 2 rings (SSSR count). The van der Waals surface area contributed by atoms with Crippen molar-refractivity contribution in [3.63, 3.8) is 0 Å². The number of likely N-dealkylation sites (tertiary alicyclic amines) is 1. The Bertz CT molecular complexity index is 433. The summed E-state index contributed by atoms with van der Waals surface area (Å²) in [4.78, 5) is 14.0. The van der Waals surface area contributed by atoms with Gasteiger partial charge < -0.3 is 16.0 Å². The van der Waals surface area contributed by atoms with Crippen molar-refractivity contribution in [3.05, 3.63) is 35.9 Å². The van der Waals surface area contributed by atoms with E-state index in [2.05, 4.69) is 10.2 Å². The SMILES string of the molecule is Nc1ccc(/C=C/C(=O)NCCN2CCCC2)cc1. The number of anilines is 1. The van der Waals surface area contributed by atoms with Crippen molar-refractivity contribution in [2.45, 2.75) is 12.8 Å². The predicted octanol–water partition coefficient (Wildman–Crippen LogP) is 1.49. The van der Waals surface area contributed by atoms with Gasteiger partial charge in [0.25, 0.3) is 0 Å². The Morgan fingerprint density at radius 3 is 2.63 bits per heavy atom. The fourth-order valence-corrected chi connectivity index (χ4v) is 2.18. The molecule has 3 N–H and O–H groups in total. The number of hydrogen-bond donors (Lipinski definition) is 2. The molecule has 1 heterocycles. The average Bonchev–Trinajstić information content (AvgIpc) is 2.91. The van der Waals surface area contributed by atoms with Gasteiger partial charge >= 0.3 is 0 Å². The molecule has 1 saturated heterocycles. The van der Waals surface area contributed by atoms with Gasteiger partial charge in [-0.3, -0.25) is 4.79 Å². The number of nitrogens with zero attached hydrogens (tertiary/aromatic N) is 1. The standard InChI is InChI=1S/C15H21N3O/c16-14-6-3-13(4-7-14)5-8-15(19)17-9-12-18-10-1-2-11-18/h3-8H,1-2,9-12,16H2,(H,17,19)/b8-5+. The number of rotatable bonds is 5. The molecule has 0 bridgehead atoms.